The van der Waals surface area contributed by atoms with Gasteiger partial charge in [-0.05, 0) is 47.9 Å². The third-order valence-corrected chi connectivity index (χ3v) is 2.83. The summed E-state index contributed by atoms with van der Waals surface area (Å²) in [7, 11) is 0. The highest BCUT2D eigenvalue weighted by atomic mass is 35.5. The van der Waals surface area contributed by atoms with Crippen LogP contribution in [0.4, 0.5) is 0 Å². The van der Waals surface area contributed by atoms with Gasteiger partial charge in [-0.2, -0.15) is 0 Å². The van der Waals surface area contributed by atoms with Crippen molar-refractivity contribution in [1.82, 2.24) is 0 Å². The monoisotopic (exact) mass is 236 g/mol. The van der Waals surface area contributed by atoms with Crippen molar-refractivity contribution in [3.8, 4) is 11.1 Å². The van der Waals surface area contributed by atoms with Crippen LogP contribution in [0, 0.1) is 6.92 Å². The Kier molecular flexibility index (Phi) is 2.99. The molecule has 2 aromatic carbocycles. The fourth-order valence-corrected chi connectivity index (χ4v) is 1.93. The standard InChI is InChI=1S/C13H10Cl2/c1-9-8-12(15)6-7-13(9)10-2-4-11(14)5-3-10/h2-8H,1H3. The summed E-state index contributed by atoms with van der Waals surface area (Å²) < 4.78 is 0. The predicted molar refractivity (Wildman–Crippen MR) is 66.6 cm³/mol. The predicted octanol–water partition coefficient (Wildman–Crippen LogP) is 4.97. The Bertz CT molecular complexity index is 472. The van der Waals surface area contributed by atoms with E-state index in [1.807, 2.05) is 42.5 Å². The molecular formula is C13H10Cl2. The highest BCUT2D eigenvalue weighted by molar-refractivity contribution is 6.31. The van der Waals surface area contributed by atoms with Crippen molar-refractivity contribution in [3.05, 3.63) is 58.1 Å². The summed E-state index contributed by atoms with van der Waals surface area (Å²) >= 11 is 11.8. The minimum atomic E-state index is 0.755. The molecule has 0 bridgehead atoms. The number of hydrogen-bond donors (Lipinski definition) is 0. The highest BCUT2D eigenvalue weighted by Crippen LogP contribution is 2.26. The first-order valence-corrected chi connectivity index (χ1v) is 5.44. The van der Waals surface area contributed by atoms with Crippen molar-refractivity contribution in [1.29, 1.82) is 0 Å². The molecule has 0 aromatic heterocycles. The zero-order chi connectivity index (χ0) is 10.8. The van der Waals surface area contributed by atoms with Gasteiger partial charge in [0.1, 0.15) is 0 Å². The van der Waals surface area contributed by atoms with Crippen molar-refractivity contribution >= 4 is 23.2 Å². The number of aryl methyl sites for hydroxylation is 1. The quantitative estimate of drug-likeness (QED) is 0.656. The van der Waals surface area contributed by atoms with Gasteiger partial charge in [0.05, 0.1) is 0 Å². The molecule has 0 aliphatic carbocycles. The van der Waals surface area contributed by atoms with Crippen molar-refractivity contribution in [2.24, 2.45) is 0 Å². The molecule has 0 radical (unpaired) electrons. The van der Waals surface area contributed by atoms with E-state index in [2.05, 4.69) is 6.92 Å². The lowest BCUT2D eigenvalue weighted by Crippen LogP contribution is -1.82. The minimum Gasteiger partial charge on any atom is -0.0843 e. The van der Waals surface area contributed by atoms with Crippen molar-refractivity contribution in [2.75, 3.05) is 0 Å². The number of benzene rings is 2. The summed E-state index contributed by atoms with van der Waals surface area (Å²) in [6, 6.07) is 13.7. The molecule has 0 heterocycles. The van der Waals surface area contributed by atoms with Crippen LogP contribution in [0.1, 0.15) is 5.56 Å². The van der Waals surface area contributed by atoms with E-state index in [4.69, 9.17) is 23.2 Å². The second-order valence-corrected chi connectivity index (χ2v) is 4.34. The Hall–Kier alpha value is -0.980. The van der Waals surface area contributed by atoms with Gasteiger partial charge in [-0.3, -0.25) is 0 Å². The third kappa shape index (κ3) is 2.34. The van der Waals surface area contributed by atoms with E-state index in [0.717, 1.165) is 15.6 Å². The molecule has 0 aliphatic heterocycles. The van der Waals surface area contributed by atoms with Gasteiger partial charge in [0.15, 0.2) is 0 Å². The summed E-state index contributed by atoms with van der Waals surface area (Å²) in [5, 5.41) is 1.52. The third-order valence-electron chi connectivity index (χ3n) is 2.34. The summed E-state index contributed by atoms with van der Waals surface area (Å²) in [5.74, 6) is 0. The van der Waals surface area contributed by atoms with Gasteiger partial charge in [-0.1, -0.05) is 41.4 Å². The van der Waals surface area contributed by atoms with Gasteiger partial charge in [0, 0.05) is 10.0 Å². The fourth-order valence-electron chi connectivity index (χ4n) is 1.58. The molecule has 76 valence electrons. The largest absolute Gasteiger partial charge is 0.0843 e. The van der Waals surface area contributed by atoms with Crippen LogP contribution >= 0.6 is 23.2 Å². The first-order chi connectivity index (χ1) is 7.16. The fraction of sp³-hybridized carbons (Fsp3) is 0.0769. The first kappa shape index (κ1) is 10.5. The Labute approximate surface area is 99.5 Å². The Morgan fingerprint density at radius 1 is 0.800 bits per heavy atom. The molecular weight excluding hydrogens is 227 g/mol. The van der Waals surface area contributed by atoms with Crippen LogP contribution in [-0.4, -0.2) is 0 Å². The van der Waals surface area contributed by atoms with Crippen LogP contribution < -0.4 is 0 Å². The van der Waals surface area contributed by atoms with Crippen molar-refractivity contribution in [3.63, 3.8) is 0 Å². The summed E-state index contributed by atoms with van der Waals surface area (Å²) in [6.07, 6.45) is 0. The molecule has 0 unspecified atom stereocenters. The SMILES string of the molecule is Cc1cc(Cl)ccc1-c1ccc(Cl)cc1. The number of rotatable bonds is 1. The minimum absolute atomic E-state index is 0.755. The van der Waals surface area contributed by atoms with E-state index >= 15 is 0 Å². The van der Waals surface area contributed by atoms with E-state index < -0.39 is 0 Å². The van der Waals surface area contributed by atoms with Gasteiger partial charge in [0.2, 0.25) is 0 Å². The summed E-state index contributed by atoms with van der Waals surface area (Å²) in [6.45, 7) is 2.05. The van der Waals surface area contributed by atoms with Crippen LogP contribution in [0.25, 0.3) is 11.1 Å². The van der Waals surface area contributed by atoms with Gasteiger partial charge in [-0.25, -0.2) is 0 Å². The zero-order valence-corrected chi connectivity index (χ0v) is 9.81. The molecule has 2 rings (SSSR count). The molecule has 0 spiro atoms. The van der Waals surface area contributed by atoms with Crippen LogP contribution in [0.15, 0.2) is 42.5 Å². The van der Waals surface area contributed by atoms with Gasteiger partial charge >= 0.3 is 0 Å². The molecule has 0 amide bonds. The maximum Gasteiger partial charge on any atom is 0.0409 e. The average Bonchev–Trinajstić information content (AvgIpc) is 2.20. The van der Waals surface area contributed by atoms with Crippen LogP contribution in [0.2, 0.25) is 10.0 Å². The summed E-state index contributed by atoms with van der Waals surface area (Å²) in [4.78, 5) is 0. The van der Waals surface area contributed by atoms with E-state index in [0.29, 0.717) is 0 Å². The maximum absolute atomic E-state index is 5.91. The molecule has 2 heteroatoms. The topological polar surface area (TPSA) is 0 Å². The van der Waals surface area contributed by atoms with Gasteiger partial charge in [-0.15, -0.1) is 0 Å². The zero-order valence-electron chi connectivity index (χ0n) is 8.30. The highest BCUT2D eigenvalue weighted by Gasteiger charge is 2.01. The molecule has 15 heavy (non-hydrogen) atoms. The normalized spacial score (nSPS) is 10.3. The number of hydrogen-bond acceptors (Lipinski definition) is 0. The molecule has 0 N–H and O–H groups in total. The Morgan fingerprint density at radius 3 is 2.00 bits per heavy atom. The molecule has 2 aromatic rings. The second kappa shape index (κ2) is 4.26. The van der Waals surface area contributed by atoms with E-state index in [1.165, 1.54) is 11.1 Å². The lowest BCUT2D eigenvalue weighted by Gasteiger charge is -2.06. The van der Waals surface area contributed by atoms with Gasteiger partial charge < -0.3 is 0 Å². The molecule has 0 saturated heterocycles. The first-order valence-electron chi connectivity index (χ1n) is 4.69. The Balaban J connectivity index is 2.49. The lowest BCUT2D eigenvalue weighted by atomic mass is 10.0. The van der Waals surface area contributed by atoms with Crippen LogP contribution in [0.3, 0.4) is 0 Å². The number of halogens is 2. The van der Waals surface area contributed by atoms with E-state index in [1.54, 1.807) is 0 Å². The molecule has 0 fully saturated rings. The van der Waals surface area contributed by atoms with Crippen molar-refractivity contribution in [2.45, 2.75) is 6.92 Å². The van der Waals surface area contributed by atoms with Crippen LogP contribution in [0.5, 0.6) is 0 Å². The van der Waals surface area contributed by atoms with E-state index in [-0.39, 0.29) is 0 Å². The molecule has 0 aliphatic rings. The molecule has 0 atom stereocenters. The maximum atomic E-state index is 5.91. The summed E-state index contributed by atoms with van der Waals surface area (Å²) in [5.41, 5.74) is 3.52. The lowest BCUT2D eigenvalue weighted by molar-refractivity contribution is 1.46. The van der Waals surface area contributed by atoms with Crippen molar-refractivity contribution < 1.29 is 0 Å². The van der Waals surface area contributed by atoms with Gasteiger partial charge in [0.25, 0.3) is 0 Å². The molecule has 0 nitrogen and oxygen atoms in total. The smallest absolute Gasteiger partial charge is 0.0409 e. The van der Waals surface area contributed by atoms with Crippen LogP contribution in [-0.2, 0) is 0 Å². The average molecular weight is 237 g/mol. The Morgan fingerprint density at radius 2 is 1.40 bits per heavy atom. The second-order valence-electron chi connectivity index (χ2n) is 3.47. The van der Waals surface area contributed by atoms with E-state index in [9.17, 15) is 0 Å². The molecule has 0 saturated carbocycles.